The van der Waals surface area contributed by atoms with E-state index in [4.69, 9.17) is 13.9 Å². The fraction of sp³-hybridized carbons (Fsp3) is 0.233. The van der Waals surface area contributed by atoms with Crippen LogP contribution in [0.2, 0.25) is 0 Å². The number of hydrogen-bond donors (Lipinski definition) is 2. The van der Waals surface area contributed by atoms with E-state index in [1.165, 1.54) is 18.9 Å². The van der Waals surface area contributed by atoms with E-state index in [9.17, 15) is 14.4 Å². The molecule has 1 fully saturated rings. The minimum absolute atomic E-state index is 0.134. The monoisotopic (exact) mass is 553 g/mol. The summed E-state index contributed by atoms with van der Waals surface area (Å²) in [6, 6.07) is 15.8. The molecule has 11 nitrogen and oxygen atoms in total. The van der Waals surface area contributed by atoms with Crippen molar-refractivity contribution in [2.24, 2.45) is 0 Å². The van der Waals surface area contributed by atoms with Gasteiger partial charge in [0.15, 0.2) is 18.7 Å². The maximum absolute atomic E-state index is 13.5. The van der Waals surface area contributed by atoms with Crippen molar-refractivity contribution < 1.29 is 28.3 Å². The normalized spacial score (nSPS) is 19.2. The number of benzene rings is 2. The number of oxazole rings is 1. The number of carbonyl (C=O) groups excluding carboxylic acids is 3. The molecule has 6 bridgehead atoms. The Bertz CT molecular complexity index is 1560. The smallest absolute Gasteiger partial charge is 0.275 e. The van der Waals surface area contributed by atoms with Crippen molar-refractivity contribution in [3.05, 3.63) is 96.5 Å². The quantitative estimate of drug-likeness (QED) is 0.367. The zero-order valence-electron chi connectivity index (χ0n) is 22.0. The number of nitrogens with one attached hydrogen (secondary N) is 2. The van der Waals surface area contributed by atoms with E-state index in [0.29, 0.717) is 42.1 Å². The lowest BCUT2D eigenvalue weighted by atomic mass is 10.00. The van der Waals surface area contributed by atoms with Crippen molar-refractivity contribution in [2.45, 2.75) is 25.1 Å². The van der Waals surface area contributed by atoms with Gasteiger partial charge in [-0.05, 0) is 41.5 Å². The summed E-state index contributed by atoms with van der Waals surface area (Å²) in [5, 5.41) is 5.93. The first-order chi connectivity index (χ1) is 20.0. The van der Waals surface area contributed by atoms with Crippen LogP contribution in [0.5, 0.6) is 11.5 Å². The summed E-state index contributed by atoms with van der Waals surface area (Å²) in [7, 11) is 0. The highest BCUT2D eigenvalue weighted by atomic mass is 16.5. The molecule has 3 amide bonds. The van der Waals surface area contributed by atoms with E-state index in [-0.39, 0.29) is 36.6 Å². The van der Waals surface area contributed by atoms with Gasteiger partial charge in [-0.3, -0.25) is 19.4 Å². The maximum atomic E-state index is 13.5. The lowest BCUT2D eigenvalue weighted by molar-refractivity contribution is -0.123. The molecule has 2 aromatic heterocycles. The van der Waals surface area contributed by atoms with Gasteiger partial charge < -0.3 is 29.4 Å². The van der Waals surface area contributed by atoms with Crippen molar-refractivity contribution in [3.8, 4) is 22.6 Å². The zero-order valence-corrected chi connectivity index (χ0v) is 22.0. The van der Waals surface area contributed by atoms with Crippen molar-refractivity contribution in [2.75, 3.05) is 19.7 Å². The summed E-state index contributed by atoms with van der Waals surface area (Å²) < 4.78 is 17.0. The van der Waals surface area contributed by atoms with E-state index >= 15 is 0 Å². The van der Waals surface area contributed by atoms with Crippen LogP contribution in [0.4, 0.5) is 0 Å². The number of piperidine rings is 1. The molecule has 3 aliphatic heterocycles. The molecule has 2 aromatic carbocycles. The highest BCUT2D eigenvalue weighted by Crippen LogP contribution is 2.25. The molecule has 0 radical (unpaired) electrons. The molecule has 0 spiro atoms. The third kappa shape index (κ3) is 6.03. The molecule has 2 N–H and O–H groups in total. The van der Waals surface area contributed by atoms with E-state index in [1.54, 1.807) is 29.3 Å². The summed E-state index contributed by atoms with van der Waals surface area (Å²) in [6.07, 6.45) is 5.74. The number of nitrogens with zero attached hydrogens (tertiary/aromatic N) is 3. The number of aromatic nitrogens is 2. The highest BCUT2D eigenvalue weighted by Gasteiger charge is 2.35. The number of likely N-dealkylation sites (tertiary alicyclic amines) is 1. The second kappa shape index (κ2) is 11.5. The number of amides is 3. The van der Waals surface area contributed by atoms with Crippen LogP contribution in [0, 0.1) is 0 Å². The minimum atomic E-state index is -0.517. The summed E-state index contributed by atoms with van der Waals surface area (Å²) in [5.74, 6) is 0.253. The third-order valence-electron chi connectivity index (χ3n) is 7.04. The van der Waals surface area contributed by atoms with Crippen LogP contribution in [0.3, 0.4) is 0 Å². The Kier molecular flexibility index (Phi) is 7.31. The second-order valence-electron chi connectivity index (χ2n) is 9.85. The van der Waals surface area contributed by atoms with Crippen molar-refractivity contribution >= 4 is 17.7 Å². The van der Waals surface area contributed by atoms with Gasteiger partial charge in [0.1, 0.15) is 23.9 Å². The zero-order chi connectivity index (χ0) is 28.2. The minimum Gasteiger partial charge on any atom is -0.488 e. The lowest BCUT2D eigenvalue weighted by Gasteiger charge is -2.38. The van der Waals surface area contributed by atoms with Gasteiger partial charge in [0.2, 0.25) is 0 Å². The predicted molar refractivity (Wildman–Crippen MR) is 146 cm³/mol. The Morgan fingerprint density at radius 3 is 2.66 bits per heavy atom. The second-order valence-corrected chi connectivity index (χ2v) is 9.85. The molecule has 41 heavy (non-hydrogen) atoms. The van der Waals surface area contributed by atoms with Gasteiger partial charge in [0.25, 0.3) is 17.7 Å². The van der Waals surface area contributed by atoms with Crippen molar-refractivity contribution in [1.29, 1.82) is 0 Å². The highest BCUT2D eigenvalue weighted by molar-refractivity contribution is 5.95. The first-order valence-corrected chi connectivity index (χ1v) is 13.2. The largest absolute Gasteiger partial charge is 0.488 e. The van der Waals surface area contributed by atoms with Crippen LogP contribution in [0.15, 0.2) is 84.1 Å². The number of carbonyl (C=O) groups is 3. The number of pyridine rings is 1. The third-order valence-corrected chi connectivity index (χ3v) is 7.04. The van der Waals surface area contributed by atoms with Gasteiger partial charge in [0, 0.05) is 44.0 Å². The first-order valence-electron chi connectivity index (χ1n) is 13.2. The molecule has 0 saturated carbocycles. The number of ether oxygens (including phenoxy) is 2. The number of fused-ring (bicyclic) bond motifs is 7. The van der Waals surface area contributed by atoms with Crippen molar-refractivity contribution in [3.63, 3.8) is 0 Å². The molecule has 4 aromatic rings. The Morgan fingerprint density at radius 1 is 0.976 bits per heavy atom. The van der Waals surface area contributed by atoms with Gasteiger partial charge in [0.05, 0.1) is 11.6 Å². The number of rotatable bonds is 1. The van der Waals surface area contributed by atoms with E-state index in [2.05, 4.69) is 20.6 Å². The Morgan fingerprint density at radius 2 is 1.83 bits per heavy atom. The summed E-state index contributed by atoms with van der Waals surface area (Å²) in [6.45, 7) is 0.841. The van der Waals surface area contributed by atoms with Gasteiger partial charge >= 0.3 is 0 Å². The van der Waals surface area contributed by atoms with Gasteiger partial charge in [-0.2, -0.15) is 0 Å². The number of hydrogen-bond acceptors (Lipinski definition) is 8. The molecular weight excluding hydrogens is 526 g/mol. The topological polar surface area (TPSA) is 136 Å². The maximum Gasteiger partial charge on any atom is 0.275 e. The summed E-state index contributed by atoms with van der Waals surface area (Å²) in [5.41, 5.74) is 2.94. The van der Waals surface area contributed by atoms with Crippen LogP contribution < -0.4 is 20.1 Å². The van der Waals surface area contributed by atoms with E-state index in [0.717, 1.165) is 11.1 Å². The Balaban J connectivity index is 1.31. The molecule has 0 unspecified atom stereocenters. The molecule has 3 aliphatic rings. The summed E-state index contributed by atoms with van der Waals surface area (Å²) in [4.78, 5) is 48.8. The fourth-order valence-electron chi connectivity index (χ4n) is 4.88. The molecule has 1 saturated heterocycles. The molecule has 7 rings (SSSR count). The van der Waals surface area contributed by atoms with Crippen LogP contribution in [0.25, 0.3) is 11.1 Å². The SMILES string of the molecule is O=C1COc2cccc(c2)-c2cncc(c2)C(=O)N[C@@H]2CN(C(=O)c3cocn3)CC[C@@H]2Oc2ccc(cc2)CN1. The standard InChI is InChI=1S/C30H27N5O6/c36-28-17-40-24-3-1-2-20(11-24)21-10-22(14-31-13-21)29(37)34-25-15-35(30(38)26-16-39-18-33-26)9-8-27(25)41-23-6-4-19(5-7-23)12-32-28/h1-7,10-11,13-14,16,18,25,27H,8-9,12,15,17H2,(H,32,36)(H,34,37)/t25-,27+/m1/s1. The molecule has 5 heterocycles. The molecule has 0 aliphatic carbocycles. The fourth-order valence-corrected chi connectivity index (χ4v) is 4.88. The van der Waals surface area contributed by atoms with Crippen LogP contribution in [-0.2, 0) is 11.3 Å². The summed E-state index contributed by atoms with van der Waals surface area (Å²) >= 11 is 0. The average Bonchev–Trinajstić information content (AvgIpc) is 3.55. The van der Waals surface area contributed by atoms with Crippen LogP contribution in [0.1, 0.15) is 32.8 Å². The molecule has 11 heteroatoms. The molecule has 208 valence electrons. The van der Waals surface area contributed by atoms with Gasteiger partial charge in [-0.15, -0.1) is 0 Å². The van der Waals surface area contributed by atoms with E-state index < -0.39 is 12.1 Å². The Hall–Kier alpha value is -5.19. The molecular formula is C30H27N5O6. The Labute approximate surface area is 235 Å². The van der Waals surface area contributed by atoms with E-state index in [1.807, 2.05) is 36.4 Å². The molecule has 2 atom stereocenters. The predicted octanol–water partition coefficient (Wildman–Crippen LogP) is 2.84. The van der Waals surface area contributed by atoms with Crippen molar-refractivity contribution in [1.82, 2.24) is 25.5 Å². The van der Waals surface area contributed by atoms with Gasteiger partial charge in [-0.1, -0.05) is 24.3 Å². The first kappa shape index (κ1) is 26.1. The van der Waals surface area contributed by atoms with Crippen LogP contribution in [-0.4, -0.2) is 64.4 Å². The van der Waals surface area contributed by atoms with Gasteiger partial charge in [-0.25, -0.2) is 4.98 Å². The van der Waals surface area contributed by atoms with Crippen LogP contribution >= 0.6 is 0 Å². The lowest BCUT2D eigenvalue weighted by Crippen LogP contribution is -2.58. The average molecular weight is 554 g/mol.